The standard InChI is InChI=1S/C22H30N4O2.HI/c1-5-23-21(26-14-22(4,27)19-10-9-16(3)28-19)24-12-11-17-13-25-20-15(2)7-6-8-18(17)20;/h6-10,13,25,27H,5,11-12,14H2,1-4H3,(H2,23,24,26);1H. The predicted molar refractivity (Wildman–Crippen MR) is 129 cm³/mol. The maximum absolute atomic E-state index is 10.7. The fourth-order valence-electron chi connectivity index (χ4n) is 3.26. The number of benzene rings is 1. The lowest BCUT2D eigenvalue weighted by atomic mass is 10.0. The number of aromatic amines is 1. The number of rotatable bonds is 7. The number of H-pyrrole nitrogens is 1. The molecule has 0 spiro atoms. The van der Waals surface area contributed by atoms with Crippen molar-refractivity contribution in [1.29, 1.82) is 0 Å². The van der Waals surface area contributed by atoms with Crippen LogP contribution in [0.2, 0.25) is 0 Å². The molecule has 158 valence electrons. The van der Waals surface area contributed by atoms with Crippen molar-refractivity contribution in [3.63, 3.8) is 0 Å². The average molecular weight is 510 g/mol. The van der Waals surface area contributed by atoms with Crippen molar-refractivity contribution in [3.05, 3.63) is 59.2 Å². The average Bonchev–Trinajstić information content (AvgIpc) is 3.28. The lowest BCUT2D eigenvalue weighted by Gasteiger charge is -2.19. The van der Waals surface area contributed by atoms with E-state index in [4.69, 9.17) is 4.42 Å². The third-order valence-electron chi connectivity index (χ3n) is 4.86. The van der Waals surface area contributed by atoms with Crippen LogP contribution in [0.5, 0.6) is 0 Å². The van der Waals surface area contributed by atoms with Gasteiger partial charge >= 0.3 is 0 Å². The molecule has 0 bridgehead atoms. The van der Waals surface area contributed by atoms with Crippen molar-refractivity contribution in [2.45, 2.75) is 39.7 Å². The maximum atomic E-state index is 10.7. The Balaban J connectivity index is 0.00000300. The van der Waals surface area contributed by atoms with Crippen molar-refractivity contribution in [1.82, 2.24) is 15.6 Å². The molecule has 3 aromatic rings. The lowest BCUT2D eigenvalue weighted by molar-refractivity contribution is 0.0428. The number of aromatic nitrogens is 1. The smallest absolute Gasteiger partial charge is 0.191 e. The van der Waals surface area contributed by atoms with E-state index in [1.165, 1.54) is 22.0 Å². The van der Waals surface area contributed by atoms with Gasteiger partial charge in [-0.15, -0.1) is 24.0 Å². The summed E-state index contributed by atoms with van der Waals surface area (Å²) < 4.78 is 5.56. The fourth-order valence-corrected chi connectivity index (χ4v) is 3.26. The molecule has 1 atom stereocenters. The summed E-state index contributed by atoms with van der Waals surface area (Å²) in [6.45, 7) is 9.42. The largest absolute Gasteiger partial charge is 0.463 e. The van der Waals surface area contributed by atoms with Crippen molar-refractivity contribution < 1.29 is 9.52 Å². The molecule has 3 rings (SSSR count). The Morgan fingerprint density at radius 1 is 1.21 bits per heavy atom. The van der Waals surface area contributed by atoms with E-state index in [9.17, 15) is 5.11 Å². The van der Waals surface area contributed by atoms with Crippen molar-refractivity contribution >= 4 is 40.8 Å². The van der Waals surface area contributed by atoms with Gasteiger partial charge in [0.1, 0.15) is 17.1 Å². The fraction of sp³-hybridized carbons (Fsp3) is 0.409. The number of para-hydroxylation sites is 1. The van der Waals surface area contributed by atoms with E-state index in [1.807, 2.05) is 19.9 Å². The molecule has 0 saturated heterocycles. The number of aliphatic imine (C=N–C) groups is 1. The van der Waals surface area contributed by atoms with Crippen LogP contribution in [0.3, 0.4) is 0 Å². The first-order chi connectivity index (χ1) is 13.4. The van der Waals surface area contributed by atoms with Crippen LogP contribution >= 0.6 is 24.0 Å². The third kappa shape index (κ3) is 5.76. The quantitative estimate of drug-likeness (QED) is 0.220. The second-order valence-corrected chi connectivity index (χ2v) is 7.37. The Labute approximate surface area is 189 Å². The Morgan fingerprint density at radius 3 is 2.69 bits per heavy atom. The highest BCUT2D eigenvalue weighted by Gasteiger charge is 2.26. The highest BCUT2D eigenvalue weighted by atomic mass is 127. The van der Waals surface area contributed by atoms with Crippen LogP contribution in [0.1, 0.15) is 36.5 Å². The molecule has 7 heteroatoms. The summed E-state index contributed by atoms with van der Waals surface area (Å²) in [6, 6.07) is 10.00. The van der Waals surface area contributed by atoms with Crippen LogP contribution in [0.15, 0.2) is 45.9 Å². The van der Waals surface area contributed by atoms with E-state index in [0.29, 0.717) is 11.7 Å². The van der Waals surface area contributed by atoms with Gasteiger partial charge in [0.15, 0.2) is 5.96 Å². The van der Waals surface area contributed by atoms with Gasteiger partial charge < -0.3 is 25.1 Å². The minimum absolute atomic E-state index is 0. The van der Waals surface area contributed by atoms with Crippen LogP contribution in [-0.4, -0.2) is 35.7 Å². The van der Waals surface area contributed by atoms with Gasteiger partial charge in [-0.25, -0.2) is 4.99 Å². The van der Waals surface area contributed by atoms with E-state index in [0.717, 1.165) is 25.3 Å². The Morgan fingerprint density at radius 2 is 2.00 bits per heavy atom. The molecule has 1 unspecified atom stereocenters. The van der Waals surface area contributed by atoms with Crippen LogP contribution in [0, 0.1) is 13.8 Å². The molecule has 0 aliphatic carbocycles. The second kappa shape index (κ2) is 10.2. The SMILES string of the molecule is CCNC(=NCC(C)(O)c1ccc(C)o1)NCCc1c[nH]c2c(C)cccc12.I. The zero-order chi connectivity index (χ0) is 20.1. The Bertz CT molecular complexity index is 959. The highest BCUT2D eigenvalue weighted by molar-refractivity contribution is 14.0. The van der Waals surface area contributed by atoms with Gasteiger partial charge in [0, 0.05) is 30.2 Å². The van der Waals surface area contributed by atoms with Gasteiger partial charge in [0.2, 0.25) is 0 Å². The summed E-state index contributed by atoms with van der Waals surface area (Å²) in [4.78, 5) is 7.91. The van der Waals surface area contributed by atoms with Crippen LogP contribution < -0.4 is 10.6 Å². The number of guanidine groups is 1. The van der Waals surface area contributed by atoms with Crippen molar-refractivity contribution in [3.8, 4) is 0 Å². The molecule has 29 heavy (non-hydrogen) atoms. The molecule has 1 aromatic carbocycles. The van der Waals surface area contributed by atoms with Gasteiger partial charge in [0.25, 0.3) is 0 Å². The van der Waals surface area contributed by atoms with Gasteiger partial charge in [-0.1, -0.05) is 18.2 Å². The van der Waals surface area contributed by atoms with Crippen LogP contribution in [0.4, 0.5) is 0 Å². The zero-order valence-electron chi connectivity index (χ0n) is 17.5. The van der Waals surface area contributed by atoms with E-state index >= 15 is 0 Å². The molecule has 4 N–H and O–H groups in total. The van der Waals surface area contributed by atoms with Crippen molar-refractivity contribution in [2.75, 3.05) is 19.6 Å². The van der Waals surface area contributed by atoms with E-state index in [2.05, 4.69) is 51.9 Å². The molecule has 0 aliphatic rings. The molecular formula is C22H31IN4O2. The van der Waals surface area contributed by atoms with Gasteiger partial charge in [0.05, 0.1) is 6.54 Å². The number of aliphatic hydroxyl groups is 1. The van der Waals surface area contributed by atoms with Gasteiger partial charge in [-0.3, -0.25) is 0 Å². The molecule has 0 aliphatic heterocycles. The molecule has 2 aromatic heterocycles. The normalized spacial score (nSPS) is 13.8. The molecule has 2 heterocycles. The second-order valence-electron chi connectivity index (χ2n) is 7.37. The molecular weight excluding hydrogens is 479 g/mol. The summed E-state index contributed by atoms with van der Waals surface area (Å²) in [5.41, 5.74) is 2.58. The first kappa shape index (κ1) is 23.3. The first-order valence-electron chi connectivity index (χ1n) is 9.78. The predicted octanol–water partition coefficient (Wildman–Crippen LogP) is 4.00. The minimum Gasteiger partial charge on any atom is -0.463 e. The number of aryl methyl sites for hydroxylation is 2. The minimum atomic E-state index is -1.15. The third-order valence-corrected chi connectivity index (χ3v) is 4.86. The number of hydrogen-bond donors (Lipinski definition) is 4. The summed E-state index contributed by atoms with van der Waals surface area (Å²) >= 11 is 0. The Kier molecular flexibility index (Phi) is 8.15. The topological polar surface area (TPSA) is 85.6 Å². The Hall–Kier alpha value is -2.00. The van der Waals surface area contributed by atoms with E-state index in [1.54, 1.807) is 13.0 Å². The zero-order valence-corrected chi connectivity index (χ0v) is 19.8. The number of nitrogens with one attached hydrogen (secondary N) is 3. The van der Waals surface area contributed by atoms with E-state index in [-0.39, 0.29) is 30.5 Å². The molecule has 0 amide bonds. The molecule has 6 nitrogen and oxygen atoms in total. The number of halogens is 1. The van der Waals surface area contributed by atoms with Crippen LogP contribution in [0.25, 0.3) is 10.9 Å². The summed E-state index contributed by atoms with van der Waals surface area (Å²) in [5.74, 6) is 1.99. The summed E-state index contributed by atoms with van der Waals surface area (Å²) in [5, 5.41) is 18.5. The molecule has 0 radical (unpaired) electrons. The summed E-state index contributed by atoms with van der Waals surface area (Å²) in [7, 11) is 0. The molecule has 0 fully saturated rings. The van der Waals surface area contributed by atoms with Gasteiger partial charge in [-0.2, -0.15) is 0 Å². The van der Waals surface area contributed by atoms with Crippen LogP contribution in [-0.2, 0) is 12.0 Å². The molecule has 0 saturated carbocycles. The van der Waals surface area contributed by atoms with E-state index < -0.39 is 5.60 Å². The maximum Gasteiger partial charge on any atom is 0.191 e. The lowest BCUT2D eigenvalue weighted by Crippen LogP contribution is -2.39. The summed E-state index contributed by atoms with van der Waals surface area (Å²) in [6.07, 6.45) is 2.95. The monoisotopic (exact) mass is 510 g/mol. The number of fused-ring (bicyclic) bond motifs is 1. The van der Waals surface area contributed by atoms with Gasteiger partial charge in [-0.05, 0) is 57.4 Å². The first-order valence-corrected chi connectivity index (χ1v) is 9.78. The number of nitrogens with zero attached hydrogens (tertiary/aromatic N) is 1. The number of hydrogen-bond acceptors (Lipinski definition) is 3. The number of furan rings is 1. The highest BCUT2D eigenvalue weighted by Crippen LogP contribution is 2.23. The van der Waals surface area contributed by atoms with Crippen molar-refractivity contribution in [2.24, 2.45) is 4.99 Å².